The van der Waals surface area contributed by atoms with Gasteiger partial charge in [0, 0.05) is 19.8 Å². The van der Waals surface area contributed by atoms with Crippen molar-refractivity contribution in [1.29, 1.82) is 0 Å². The number of thiophene rings is 1. The lowest BCUT2D eigenvalue weighted by atomic mass is 10.2. The Morgan fingerprint density at radius 1 is 1.23 bits per heavy atom. The van der Waals surface area contributed by atoms with Crippen molar-refractivity contribution in [3.05, 3.63) is 51.4 Å². The van der Waals surface area contributed by atoms with E-state index in [0.29, 0.717) is 16.1 Å². The molecule has 2 aromatic heterocycles. The summed E-state index contributed by atoms with van der Waals surface area (Å²) in [7, 11) is -0.719. The highest BCUT2D eigenvalue weighted by Gasteiger charge is 2.19. The molecule has 0 saturated heterocycles. The van der Waals surface area contributed by atoms with Crippen LogP contribution in [0.5, 0.6) is 0 Å². The van der Waals surface area contributed by atoms with Gasteiger partial charge in [-0.3, -0.25) is 19.0 Å². The molecule has 2 heterocycles. The first-order chi connectivity index (χ1) is 14.0. The Kier molecular flexibility index (Phi) is 5.74. The van der Waals surface area contributed by atoms with E-state index in [0.717, 1.165) is 20.2 Å². The molecule has 10 nitrogen and oxygen atoms in total. The van der Waals surface area contributed by atoms with Crippen LogP contribution in [0, 0.1) is 6.92 Å². The molecular weight excluding hydrogens is 430 g/mol. The number of nitrogens with two attached hydrogens (primary N) is 1. The van der Waals surface area contributed by atoms with Crippen LogP contribution in [0.25, 0.3) is 10.2 Å². The summed E-state index contributed by atoms with van der Waals surface area (Å²) in [6, 6.07) is 5.68. The minimum Gasteiger partial charge on any atom is -0.365 e. The molecule has 0 bridgehead atoms. The molecule has 158 valence electrons. The molecule has 0 unspecified atom stereocenters. The van der Waals surface area contributed by atoms with E-state index in [1.165, 1.54) is 44.7 Å². The van der Waals surface area contributed by atoms with E-state index in [-0.39, 0.29) is 21.7 Å². The zero-order valence-corrected chi connectivity index (χ0v) is 18.0. The summed E-state index contributed by atoms with van der Waals surface area (Å²) in [5.41, 5.74) is 5.68. The van der Waals surface area contributed by atoms with E-state index in [1.807, 2.05) is 0 Å². The van der Waals surface area contributed by atoms with Crippen LogP contribution in [0.15, 0.2) is 40.3 Å². The maximum absolute atomic E-state index is 12.7. The number of carbonyl (C=O) groups excluding carboxylic acids is 2. The molecule has 3 rings (SSSR count). The molecule has 3 aromatic rings. The maximum atomic E-state index is 12.7. The van der Waals surface area contributed by atoms with Crippen LogP contribution in [0.1, 0.15) is 15.2 Å². The molecular formula is C18H19N5O5S2. The van der Waals surface area contributed by atoms with Crippen LogP contribution < -0.4 is 16.6 Å². The summed E-state index contributed by atoms with van der Waals surface area (Å²) in [6.07, 6.45) is 1.23. The fourth-order valence-corrected chi connectivity index (χ4v) is 4.68. The van der Waals surface area contributed by atoms with Crippen LogP contribution in [0.4, 0.5) is 5.69 Å². The number of hydrogen-bond donors (Lipinski definition) is 2. The van der Waals surface area contributed by atoms with Crippen molar-refractivity contribution in [3.63, 3.8) is 0 Å². The third-order valence-corrected chi connectivity index (χ3v) is 7.42. The van der Waals surface area contributed by atoms with Crippen molar-refractivity contribution in [3.8, 4) is 0 Å². The van der Waals surface area contributed by atoms with Gasteiger partial charge in [-0.15, -0.1) is 11.3 Å². The first-order valence-electron chi connectivity index (χ1n) is 8.63. The second-order valence-electron chi connectivity index (χ2n) is 6.64. The number of hydrogen-bond acceptors (Lipinski definition) is 7. The molecule has 0 fully saturated rings. The molecule has 0 aliphatic heterocycles. The summed E-state index contributed by atoms with van der Waals surface area (Å²) in [5, 5.41) is 2.86. The molecule has 0 aliphatic rings. The summed E-state index contributed by atoms with van der Waals surface area (Å²) >= 11 is 1.03. The standard InChI is InChI=1S/C18H19N5O5S2/c1-10-14-17(29-15(10)16(19)25)20-9-23(18(14)26)8-13(24)21-11-4-6-12(7-5-11)30(27,28)22(2)3/h4-7,9H,8H2,1-3H3,(H2,19,25)(H,21,24). The van der Waals surface area contributed by atoms with E-state index in [9.17, 15) is 22.8 Å². The van der Waals surface area contributed by atoms with Crippen molar-refractivity contribution in [2.24, 2.45) is 5.73 Å². The van der Waals surface area contributed by atoms with Gasteiger partial charge in [0.1, 0.15) is 11.4 Å². The number of amides is 2. The van der Waals surface area contributed by atoms with E-state index < -0.39 is 27.4 Å². The Morgan fingerprint density at radius 2 is 1.87 bits per heavy atom. The number of nitrogens with one attached hydrogen (secondary N) is 1. The number of carbonyl (C=O) groups is 2. The molecule has 30 heavy (non-hydrogen) atoms. The number of aryl methyl sites for hydroxylation is 1. The maximum Gasteiger partial charge on any atom is 0.262 e. The fourth-order valence-electron chi connectivity index (χ4n) is 2.78. The highest BCUT2D eigenvalue weighted by molar-refractivity contribution is 7.89. The Labute approximate surface area is 176 Å². The predicted molar refractivity (Wildman–Crippen MR) is 113 cm³/mol. The zero-order valence-electron chi connectivity index (χ0n) is 16.4. The molecule has 0 atom stereocenters. The normalized spacial score (nSPS) is 11.7. The number of sulfonamides is 1. The van der Waals surface area contributed by atoms with Gasteiger partial charge < -0.3 is 11.1 Å². The number of benzene rings is 1. The van der Waals surface area contributed by atoms with Crippen LogP contribution in [0.2, 0.25) is 0 Å². The van der Waals surface area contributed by atoms with Gasteiger partial charge in [0.2, 0.25) is 15.9 Å². The quantitative estimate of drug-likeness (QED) is 0.568. The SMILES string of the molecule is Cc1c(C(N)=O)sc2ncn(CC(=O)Nc3ccc(S(=O)(=O)N(C)C)cc3)c(=O)c12. The Balaban J connectivity index is 1.81. The Bertz CT molecular complexity index is 1310. The van der Waals surface area contributed by atoms with E-state index in [1.54, 1.807) is 6.92 Å². The molecule has 0 spiro atoms. The minimum absolute atomic E-state index is 0.0922. The van der Waals surface area contributed by atoms with Gasteiger partial charge in [0.05, 0.1) is 21.5 Å². The lowest BCUT2D eigenvalue weighted by Crippen LogP contribution is -2.28. The smallest absolute Gasteiger partial charge is 0.262 e. The number of aromatic nitrogens is 2. The monoisotopic (exact) mass is 449 g/mol. The fraction of sp³-hybridized carbons (Fsp3) is 0.222. The first kappa shape index (κ1) is 21.6. The lowest BCUT2D eigenvalue weighted by Gasteiger charge is -2.12. The number of nitrogens with zero attached hydrogens (tertiary/aromatic N) is 3. The van der Waals surface area contributed by atoms with Crippen molar-refractivity contribution in [2.75, 3.05) is 19.4 Å². The van der Waals surface area contributed by atoms with Crippen LogP contribution in [-0.2, 0) is 21.4 Å². The molecule has 1 aromatic carbocycles. The van der Waals surface area contributed by atoms with Crippen LogP contribution >= 0.6 is 11.3 Å². The second-order valence-corrected chi connectivity index (χ2v) is 9.79. The number of rotatable bonds is 6. The molecule has 3 N–H and O–H groups in total. The van der Waals surface area contributed by atoms with Gasteiger partial charge >= 0.3 is 0 Å². The van der Waals surface area contributed by atoms with Crippen molar-refractivity contribution < 1.29 is 18.0 Å². The van der Waals surface area contributed by atoms with Crippen molar-refractivity contribution in [2.45, 2.75) is 18.4 Å². The van der Waals surface area contributed by atoms with Gasteiger partial charge in [-0.2, -0.15) is 0 Å². The highest BCUT2D eigenvalue weighted by atomic mass is 32.2. The van der Waals surface area contributed by atoms with Gasteiger partial charge in [-0.1, -0.05) is 0 Å². The van der Waals surface area contributed by atoms with Gasteiger partial charge in [0.25, 0.3) is 11.5 Å². The average molecular weight is 450 g/mol. The van der Waals surface area contributed by atoms with E-state index in [4.69, 9.17) is 5.73 Å². The summed E-state index contributed by atoms with van der Waals surface area (Å²) < 4.78 is 26.4. The zero-order chi connectivity index (χ0) is 22.2. The number of anilines is 1. The molecule has 12 heteroatoms. The third kappa shape index (κ3) is 3.97. The molecule has 0 saturated carbocycles. The third-order valence-electron chi connectivity index (χ3n) is 4.37. The Hall–Kier alpha value is -3.09. The highest BCUT2D eigenvalue weighted by Crippen LogP contribution is 2.26. The van der Waals surface area contributed by atoms with Crippen LogP contribution in [0.3, 0.4) is 0 Å². The lowest BCUT2D eigenvalue weighted by molar-refractivity contribution is -0.116. The largest absolute Gasteiger partial charge is 0.365 e. The summed E-state index contributed by atoms with van der Waals surface area (Å²) in [6.45, 7) is 1.30. The number of fused-ring (bicyclic) bond motifs is 1. The van der Waals surface area contributed by atoms with Gasteiger partial charge in [-0.05, 0) is 36.8 Å². The minimum atomic E-state index is -3.57. The summed E-state index contributed by atoms with van der Waals surface area (Å²) in [4.78, 5) is 41.4. The average Bonchev–Trinajstić information content (AvgIpc) is 3.02. The first-order valence-corrected chi connectivity index (χ1v) is 10.9. The molecule has 2 amide bonds. The van der Waals surface area contributed by atoms with Gasteiger partial charge in [-0.25, -0.2) is 17.7 Å². The predicted octanol–water partition coefficient (Wildman–Crippen LogP) is 0.754. The van der Waals surface area contributed by atoms with E-state index in [2.05, 4.69) is 10.3 Å². The van der Waals surface area contributed by atoms with Crippen molar-refractivity contribution in [1.82, 2.24) is 13.9 Å². The summed E-state index contributed by atoms with van der Waals surface area (Å²) in [5.74, 6) is -1.14. The topological polar surface area (TPSA) is 144 Å². The van der Waals surface area contributed by atoms with E-state index >= 15 is 0 Å². The Morgan fingerprint density at radius 3 is 2.43 bits per heavy atom. The molecule has 0 aliphatic carbocycles. The van der Waals surface area contributed by atoms with Crippen LogP contribution in [-0.4, -0.2) is 48.2 Å². The molecule has 0 radical (unpaired) electrons. The van der Waals surface area contributed by atoms with Crippen molar-refractivity contribution >= 4 is 49.1 Å². The van der Waals surface area contributed by atoms with Gasteiger partial charge in [0.15, 0.2) is 0 Å². The second kappa shape index (κ2) is 7.97. The number of primary amides is 1.